The van der Waals surface area contributed by atoms with Gasteiger partial charge >= 0.3 is 0 Å². The fourth-order valence-electron chi connectivity index (χ4n) is 2.63. The number of hydrogen-bond donors (Lipinski definition) is 0. The zero-order valence-corrected chi connectivity index (χ0v) is 13.8. The van der Waals surface area contributed by atoms with Crippen LogP contribution in [0.3, 0.4) is 0 Å². The molecule has 0 radical (unpaired) electrons. The summed E-state index contributed by atoms with van der Waals surface area (Å²) >= 11 is 5.74. The van der Waals surface area contributed by atoms with Crippen LogP contribution in [0.25, 0.3) is 0 Å². The minimum atomic E-state index is -3.48. The van der Waals surface area contributed by atoms with E-state index in [1.807, 2.05) is 0 Å². The Morgan fingerprint density at radius 3 is 2.45 bits per heavy atom. The first-order valence-electron chi connectivity index (χ1n) is 6.97. The maximum atomic E-state index is 13.0. The van der Waals surface area contributed by atoms with Crippen LogP contribution in [0.1, 0.15) is 37.1 Å². The van der Waals surface area contributed by atoms with Gasteiger partial charge in [-0.2, -0.15) is 9.40 Å². The van der Waals surface area contributed by atoms with Crippen LogP contribution >= 0.6 is 11.6 Å². The highest BCUT2D eigenvalue weighted by Gasteiger charge is 2.37. The van der Waals surface area contributed by atoms with Crippen molar-refractivity contribution in [2.45, 2.75) is 50.5 Å². The second kappa shape index (κ2) is 6.03. The van der Waals surface area contributed by atoms with Gasteiger partial charge in [-0.25, -0.2) is 8.42 Å². The van der Waals surface area contributed by atoms with Gasteiger partial charge in [-0.15, -0.1) is 11.6 Å². The maximum Gasteiger partial charge on any atom is 0.246 e. The highest BCUT2D eigenvalue weighted by atomic mass is 35.5. The van der Waals surface area contributed by atoms with Gasteiger partial charge in [0.15, 0.2) is 0 Å². The molecule has 0 saturated heterocycles. The first-order chi connectivity index (χ1) is 9.39. The fourth-order valence-corrected chi connectivity index (χ4v) is 4.88. The van der Waals surface area contributed by atoms with Crippen molar-refractivity contribution in [1.29, 1.82) is 0 Å². The predicted molar refractivity (Wildman–Crippen MR) is 79.5 cm³/mol. The molecule has 2 rings (SSSR count). The molecular weight excluding hydrogens is 298 g/mol. The van der Waals surface area contributed by atoms with Gasteiger partial charge in [-0.1, -0.05) is 6.42 Å². The molecule has 0 atom stereocenters. The number of aryl methyl sites for hydroxylation is 2. The van der Waals surface area contributed by atoms with E-state index >= 15 is 0 Å². The van der Waals surface area contributed by atoms with E-state index in [-0.39, 0.29) is 6.04 Å². The number of hydrogen-bond acceptors (Lipinski definition) is 3. The largest absolute Gasteiger partial charge is 0.271 e. The molecule has 0 unspecified atom stereocenters. The summed E-state index contributed by atoms with van der Waals surface area (Å²) < 4.78 is 29.2. The summed E-state index contributed by atoms with van der Waals surface area (Å²) in [6, 6.07) is 0.127. The molecule has 0 aliphatic heterocycles. The van der Waals surface area contributed by atoms with Crippen molar-refractivity contribution < 1.29 is 8.42 Å². The Bertz CT molecular complexity index is 579. The summed E-state index contributed by atoms with van der Waals surface area (Å²) in [7, 11) is -1.71. The van der Waals surface area contributed by atoms with Gasteiger partial charge in [0.2, 0.25) is 10.0 Å². The van der Waals surface area contributed by atoms with Gasteiger partial charge in [-0.3, -0.25) is 4.68 Å². The third-order valence-electron chi connectivity index (χ3n) is 4.00. The molecule has 0 aromatic carbocycles. The Hall–Kier alpha value is -0.590. The van der Waals surface area contributed by atoms with Gasteiger partial charge in [0.25, 0.3) is 0 Å². The molecule has 1 fully saturated rings. The van der Waals surface area contributed by atoms with Crippen LogP contribution in [0.5, 0.6) is 0 Å². The molecule has 0 spiro atoms. The Morgan fingerprint density at radius 2 is 2.05 bits per heavy atom. The molecule has 1 saturated carbocycles. The minimum Gasteiger partial charge on any atom is -0.271 e. The Balaban J connectivity index is 2.39. The lowest BCUT2D eigenvalue weighted by Crippen LogP contribution is -2.45. The average molecular weight is 320 g/mol. The molecule has 1 aliphatic carbocycles. The predicted octanol–water partition coefficient (Wildman–Crippen LogP) is 2.21. The number of alkyl halides is 1. The standard InChI is InChI=1S/C13H22ClN3O2S/c1-10-13(11(2)16(3)15-10)20(18,19)17(9-5-8-14)12-6-4-7-12/h12H,4-9H2,1-3H3. The number of nitrogens with zero attached hydrogens (tertiary/aromatic N) is 3. The normalized spacial score (nSPS) is 16.6. The van der Waals surface area contributed by atoms with Crippen LogP contribution < -0.4 is 0 Å². The summed E-state index contributed by atoms with van der Waals surface area (Å²) in [5.74, 6) is 0.476. The lowest BCUT2D eigenvalue weighted by molar-refractivity contribution is 0.219. The topological polar surface area (TPSA) is 55.2 Å². The molecule has 7 heteroatoms. The van der Waals surface area contributed by atoms with Crippen LogP contribution in [0, 0.1) is 13.8 Å². The van der Waals surface area contributed by atoms with E-state index in [1.165, 1.54) is 0 Å². The van der Waals surface area contributed by atoms with E-state index in [4.69, 9.17) is 11.6 Å². The number of sulfonamides is 1. The number of aromatic nitrogens is 2. The molecule has 1 heterocycles. The SMILES string of the molecule is Cc1nn(C)c(C)c1S(=O)(=O)N(CCCCl)C1CCC1. The first kappa shape index (κ1) is 15.8. The fraction of sp³-hybridized carbons (Fsp3) is 0.769. The second-order valence-corrected chi connectivity index (χ2v) is 7.57. The van der Waals surface area contributed by atoms with E-state index in [2.05, 4.69) is 5.10 Å². The summed E-state index contributed by atoms with van der Waals surface area (Å²) in [6.07, 6.45) is 3.66. The van der Waals surface area contributed by atoms with Crippen molar-refractivity contribution >= 4 is 21.6 Å². The van der Waals surface area contributed by atoms with Gasteiger partial charge < -0.3 is 0 Å². The van der Waals surface area contributed by atoms with Crippen molar-refractivity contribution in [3.05, 3.63) is 11.4 Å². The molecule has 1 aromatic rings. The van der Waals surface area contributed by atoms with Gasteiger partial charge in [0.05, 0.1) is 11.4 Å². The molecule has 0 bridgehead atoms. The lowest BCUT2D eigenvalue weighted by Gasteiger charge is -2.36. The van der Waals surface area contributed by atoms with Crippen molar-refractivity contribution in [3.63, 3.8) is 0 Å². The highest BCUT2D eigenvalue weighted by Crippen LogP contribution is 2.32. The molecule has 1 aliphatic rings. The van der Waals surface area contributed by atoms with Crippen LogP contribution in [0.2, 0.25) is 0 Å². The number of halogens is 1. The second-order valence-electron chi connectivity index (χ2n) is 5.37. The van der Waals surface area contributed by atoms with E-state index in [0.29, 0.717) is 35.1 Å². The van der Waals surface area contributed by atoms with E-state index in [9.17, 15) is 8.42 Å². The van der Waals surface area contributed by atoms with Crippen molar-refractivity contribution in [2.75, 3.05) is 12.4 Å². The van der Waals surface area contributed by atoms with E-state index in [1.54, 1.807) is 29.9 Å². The molecular formula is C13H22ClN3O2S. The summed E-state index contributed by atoms with van der Waals surface area (Å²) in [5.41, 5.74) is 1.26. The van der Waals surface area contributed by atoms with Crippen molar-refractivity contribution in [1.82, 2.24) is 14.1 Å². The van der Waals surface area contributed by atoms with Crippen LogP contribution in [0.15, 0.2) is 4.90 Å². The third kappa shape index (κ3) is 2.73. The van der Waals surface area contributed by atoms with Gasteiger partial charge in [0.1, 0.15) is 4.90 Å². The van der Waals surface area contributed by atoms with Crippen molar-refractivity contribution in [3.8, 4) is 0 Å². The summed E-state index contributed by atoms with van der Waals surface area (Å²) in [6.45, 7) is 4.04. The summed E-state index contributed by atoms with van der Waals surface area (Å²) in [5, 5.41) is 4.23. The van der Waals surface area contributed by atoms with Crippen LogP contribution in [0.4, 0.5) is 0 Å². The molecule has 114 valence electrons. The number of rotatable bonds is 6. The molecule has 5 nitrogen and oxygen atoms in total. The monoisotopic (exact) mass is 319 g/mol. The third-order valence-corrected chi connectivity index (χ3v) is 6.48. The first-order valence-corrected chi connectivity index (χ1v) is 8.95. The van der Waals surface area contributed by atoms with Crippen LogP contribution in [-0.4, -0.2) is 41.0 Å². The molecule has 20 heavy (non-hydrogen) atoms. The Labute approximate surface area is 126 Å². The highest BCUT2D eigenvalue weighted by molar-refractivity contribution is 7.89. The minimum absolute atomic E-state index is 0.127. The average Bonchev–Trinajstić information content (AvgIpc) is 2.56. The molecule has 0 N–H and O–H groups in total. The smallest absolute Gasteiger partial charge is 0.246 e. The van der Waals surface area contributed by atoms with Crippen LogP contribution in [-0.2, 0) is 17.1 Å². The van der Waals surface area contributed by atoms with Crippen molar-refractivity contribution in [2.24, 2.45) is 7.05 Å². The Kier molecular flexibility index (Phi) is 4.76. The summed E-state index contributed by atoms with van der Waals surface area (Å²) in [4.78, 5) is 0.362. The quantitative estimate of drug-likeness (QED) is 0.755. The molecule has 0 amide bonds. The van der Waals surface area contributed by atoms with Gasteiger partial charge in [0, 0.05) is 25.5 Å². The lowest BCUT2D eigenvalue weighted by atomic mass is 9.93. The zero-order chi connectivity index (χ0) is 14.9. The van der Waals surface area contributed by atoms with E-state index in [0.717, 1.165) is 19.3 Å². The zero-order valence-electron chi connectivity index (χ0n) is 12.3. The Morgan fingerprint density at radius 1 is 1.40 bits per heavy atom. The maximum absolute atomic E-state index is 13.0. The van der Waals surface area contributed by atoms with E-state index < -0.39 is 10.0 Å². The van der Waals surface area contributed by atoms with Gasteiger partial charge in [-0.05, 0) is 33.1 Å². The molecule has 1 aromatic heterocycles.